The van der Waals surface area contributed by atoms with Gasteiger partial charge in [0.05, 0.1) is 27.7 Å². The van der Waals surface area contributed by atoms with E-state index in [2.05, 4.69) is 48.9 Å². The Balaban J connectivity index is 0.00000312. The normalized spacial score (nSPS) is 11.9. The molecule has 44 heavy (non-hydrogen) atoms. The van der Waals surface area contributed by atoms with Gasteiger partial charge in [0.15, 0.2) is 5.58 Å². The van der Waals surface area contributed by atoms with Crippen LogP contribution in [0.15, 0.2) is 102 Å². The predicted octanol–water partition coefficient (Wildman–Crippen LogP) is 8.37. The SMILES string of the molecule is CC(C)(C)c1ccc2nc3ncc4c5ccc(O)c(-c6cccc(-c7[c-]c(-c8ccccn8)ccc7)n6)c5oc4n3c2c1.[Pt]. The molecule has 0 saturated heterocycles. The number of benzene rings is 3. The zero-order valence-electron chi connectivity index (χ0n) is 24.1. The number of phenolic OH excluding ortho intramolecular Hbond substituents is 1. The summed E-state index contributed by atoms with van der Waals surface area (Å²) >= 11 is 0. The number of aromatic nitrogens is 5. The molecule has 0 spiro atoms. The molecule has 0 amide bonds. The largest absolute Gasteiger partial charge is 0.507 e. The number of phenols is 1. The van der Waals surface area contributed by atoms with Crippen LogP contribution in [0.25, 0.3) is 72.7 Å². The smallest absolute Gasteiger partial charge is 0.237 e. The van der Waals surface area contributed by atoms with Crippen molar-refractivity contribution < 1.29 is 30.6 Å². The van der Waals surface area contributed by atoms with E-state index in [0.717, 1.165) is 44.3 Å². The first-order valence-electron chi connectivity index (χ1n) is 14.1. The minimum absolute atomic E-state index is 0. The van der Waals surface area contributed by atoms with Crippen LogP contribution in [-0.4, -0.2) is 29.4 Å². The fourth-order valence-electron chi connectivity index (χ4n) is 5.65. The molecule has 0 atom stereocenters. The topological polar surface area (TPSA) is 89.3 Å². The van der Waals surface area contributed by atoms with E-state index < -0.39 is 0 Å². The Morgan fingerprint density at radius 2 is 1.55 bits per heavy atom. The molecule has 1 N–H and O–H groups in total. The van der Waals surface area contributed by atoms with Gasteiger partial charge in [-0.25, -0.2) is 14.4 Å². The van der Waals surface area contributed by atoms with E-state index in [1.54, 1.807) is 18.5 Å². The van der Waals surface area contributed by atoms with E-state index in [4.69, 9.17) is 14.4 Å². The molecule has 218 valence electrons. The summed E-state index contributed by atoms with van der Waals surface area (Å²) in [5.74, 6) is 0.638. The first-order valence-corrected chi connectivity index (χ1v) is 14.1. The number of aromatic hydroxyl groups is 1. The number of rotatable bonds is 3. The van der Waals surface area contributed by atoms with Crippen LogP contribution in [0.1, 0.15) is 26.3 Å². The Labute approximate surface area is 267 Å². The second-order valence-electron chi connectivity index (χ2n) is 11.7. The molecular formula is C36H26N5O2Pt-. The number of furan rings is 1. The number of hydrogen-bond donors (Lipinski definition) is 1. The summed E-state index contributed by atoms with van der Waals surface area (Å²) in [4.78, 5) is 18.9. The van der Waals surface area contributed by atoms with Gasteiger partial charge in [0.1, 0.15) is 5.75 Å². The maximum atomic E-state index is 11.2. The molecule has 8 aromatic rings. The van der Waals surface area contributed by atoms with Crippen LogP contribution in [0.4, 0.5) is 0 Å². The zero-order valence-corrected chi connectivity index (χ0v) is 26.4. The van der Waals surface area contributed by atoms with Crippen molar-refractivity contribution in [1.82, 2.24) is 24.3 Å². The van der Waals surface area contributed by atoms with E-state index in [-0.39, 0.29) is 32.2 Å². The predicted molar refractivity (Wildman–Crippen MR) is 169 cm³/mol. The van der Waals surface area contributed by atoms with Gasteiger partial charge in [0.2, 0.25) is 11.5 Å². The molecule has 0 saturated carbocycles. The van der Waals surface area contributed by atoms with Crippen LogP contribution >= 0.6 is 0 Å². The number of pyridine rings is 2. The number of nitrogens with zero attached hydrogens (tertiary/aromatic N) is 5. The summed E-state index contributed by atoms with van der Waals surface area (Å²) in [5, 5.41) is 12.8. The van der Waals surface area contributed by atoms with Gasteiger partial charge in [-0.1, -0.05) is 62.2 Å². The Kier molecular flexibility index (Phi) is 6.59. The fourth-order valence-corrected chi connectivity index (χ4v) is 5.65. The van der Waals surface area contributed by atoms with E-state index in [0.29, 0.717) is 28.3 Å². The molecular weight excluding hydrogens is 730 g/mol. The van der Waals surface area contributed by atoms with E-state index in [1.165, 1.54) is 5.56 Å². The monoisotopic (exact) mass is 755 g/mol. The van der Waals surface area contributed by atoms with E-state index in [9.17, 15) is 5.11 Å². The Morgan fingerprint density at radius 1 is 0.773 bits per heavy atom. The molecule has 5 heterocycles. The minimum Gasteiger partial charge on any atom is -0.507 e. The van der Waals surface area contributed by atoms with Gasteiger partial charge in [-0.2, -0.15) is 0 Å². The van der Waals surface area contributed by atoms with Crippen LogP contribution in [0.3, 0.4) is 0 Å². The number of imidazole rings is 1. The summed E-state index contributed by atoms with van der Waals surface area (Å²) in [7, 11) is 0. The van der Waals surface area contributed by atoms with Crippen molar-refractivity contribution >= 4 is 38.9 Å². The average Bonchev–Trinajstić information content (AvgIpc) is 3.59. The maximum absolute atomic E-state index is 11.2. The van der Waals surface area contributed by atoms with Crippen molar-refractivity contribution in [1.29, 1.82) is 0 Å². The van der Waals surface area contributed by atoms with Crippen molar-refractivity contribution in [2.24, 2.45) is 0 Å². The molecule has 0 bridgehead atoms. The van der Waals surface area contributed by atoms with Gasteiger partial charge in [0.25, 0.3) is 0 Å². The van der Waals surface area contributed by atoms with Crippen LogP contribution in [-0.2, 0) is 26.5 Å². The summed E-state index contributed by atoms with van der Waals surface area (Å²) in [5.41, 5.74) is 8.46. The molecule has 0 radical (unpaired) electrons. The molecule has 0 unspecified atom stereocenters. The first-order chi connectivity index (χ1) is 20.8. The second-order valence-corrected chi connectivity index (χ2v) is 11.7. The van der Waals surface area contributed by atoms with Gasteiger partial charge in [-0.3, -0.25) is 9.97 Å². The van der Waals surface area contributed by atoms with Gasteiger partial charge >= 0.3 is 0 Å². The second kappa shape index (κ2) is 10.4. The van der Waals surface area contributed by atoms with Crippen molar-refractivity contribution in [3.63, 3.8) is 0 Å². The van der Waals surface area contributed by atoms with E-state index in [1.807, 2.05) is 71.1 Å². The molecule has 0 aliphatic carbocycles. The van der Waals surface area contributed by atoms with Crippen molar-refractivity contribution in [2.75, 3.05) is 0 Å². The summed E-state index contributed by atoms with van der Waals surface area (Å²) in [6.45, 7) is 6.57. The molecule has 7 nitrogen and oxygen atoms in total. The molecule has 8 rings (SSSR count). The standard InChI is InChI=1S/C36H26N5O2.Pt/c1-36(2,3)23-13-15-28-30(19-23)41-34-25(20-38-35(41)40-28)24-14-16-31(42)32(33(24)43-34)29-12-7-11-27(39-29)22-9-6-8-21(18-22)26-10-4-5-17-37-26;/h4-17,19-20,42H,1-3H3;/q-1;. The first kappa shape index (κ1) is 27.9. The molecule has 0 fully saturated rings. The third-order valence-electron chi connectivity index (χ3n) is 7.89. The van der Waals surface area contributed by atoms with Crippen molar-refractivity contribution in [3.05, 3.63) is 109 Å². The van der Waals surface area contributed by atoms with Crippen LogP contribution < -0.4 is 0 Å². The third-order valence-corrected chi connectivity index (χ3v) is 7.89. The van der Waals surface area contributed by atoms with Gasteiger partial charge in [-0.15, -0.1) is 24.3 Å². The van der Waals surface area contributed by atoms with Gasteiger partial charge in [0, 0.05) is 50.2 Å². The van der Waals surface area contributed by atoms with Crippen molar-refractivity contribution in [3.8, 4) is 39.5 Å². The van der Waals surface area contributed by atoms with Gasteiger partial charge < -0.3 is 9.52 Å². The minimum atomic E-state index is -0.0300. The zero-order chi connectivity index (χ0) is 29.3. The third kappa shape index (κ3) is 4.47. The summed E-state index contributed by atoms with van der Waals surface area (Å²) in [6.07, 6.45) is 3.56. The Hall–Kier alpha value is -4.87. The van der Waals surface area contributed by atoms with Gasteiger partial charge in [-0.05, 0) is 47.4 Å². The average molecular weight is 756 g/mol. The molecule has 5 aromatic heterocycles. The molecule has 0 aliphatic heterocycles. The summed E-state index contributed by atoms with van der Waals surface area (Å²) < 4.78 is 8.57. The summed E-state index contributed by atoms with van der Waals surface area (Å²) in [6, 6.07) is 30.8. The fraction of sp³-hybridized carbons (Fsp3) is 0.111. The molecule has 0 aliphatic rings. The number of hydrogen-bond acceptors (Lipinski definition) is 6. The maximum Gasteiger partial charge on any atom is 0.237 e. The number of fused-ring (bicyclic) bond motifs is 7. The molecule has 3 aromatic carbocycles. The Bertz CT molecular complexity index is 2350. The van der Waals surface area contributed by atoms with E-state index >= 15 is 0 Å². The van der Waals surface area contributed by atoms with Crippen molar-refractivity contribution in [2.45, 2.75) is 26.2 Å². The van der Waals surface area contributed by atoms with Crippen LogP contribution in [0, 0.1) is 6.07 Å². The Morgan fingerprint density at radius 3 is 2.34 bits per heavy atom. The van der Waals surface area contributed by atoms with Crippen LogP contribution in [0.2, 0.25) is 0 Å². The quantitative estimate of drug-likeness (QED) is 0.183. The molecule has 8 heteroatoms. The van der Waals surface area contributed by atoms with Crippen LogP contribution in [0.5, 0.6) is 5.75 Å².